The lowest BCUT2D eigenvalue weighted by molar-refractivity contribution is 0.694. The van der Waals surface area contributed by atoms with Gasteiger partial charge in [-0.2, -0.15) is 0 Å². The zero-order valence-electron chi connectivity index (χ0n) is 14.1. The van der Waals surface area contributed by atoms with Gasteiger partial charge in [-0.1, -0.05) is 73.7 Å². The number of benzene rings is 1. The second-order valence-corrected chi connectivity index (χ2v) is 6.50. The number of hydrogen-bond donors (Lipinski definition) is 0. The van der Waals surface area contributed by atoms with Crippen molar-refractivity contribution in [1.82, 2.24) is 0 Å². The van der Waals surface area contributed by atoms with E-state index in [2.05, 4.69) is 80.8 Å². The molecule has 1 atom stereocenters. The summed E-state index contributed by atoms with van der Waals surface area (Å²) in [5.74, 6) is 0.562. The van der Waals surface area contributed by atoms with Crippen LogP contribution in [-0.4, -0.2) is 0 Å². The van der Waals surface area contributed by atoms with Crippen LogP contribution in [0.25, 0.3) is 5.57 Å². The fraction of sp³-hybridized carbons (Fsp3) is 0.261. The first-order valence-electron chi connectivity index (χ1n) is 8.41. The van der Waals surface area contributed by atoms with E-state index in [0.29, 0.717) is 5.92 Å². The summed E-state index contributed by atoms with van der Waals surface area (Å²) in [4.78, 5) is 0. The van der Waals surface area contributed by atoms with Crippen LogP contribution in [-0.2, 0) is 6.42 Å². The maximum Gasteiger partial charge on any atom is 0.0302 e. The molecule has 3 rings (SSSR count). The Morgan fingerprint density at radius 2 is 2.13 bits per heavy atom. The van der Waals surface area contributed by atoms with Crippen molar-refractivity contribution in [2.75, 3.05) is 0 Å². The lowest BCUT2D eigenvalue weighted by Gasteiger charge is -2.14. The number of rotatable bonds is 5. The molecule has 0 saturated carbocycles. The Kier molecular flexibility index (Phi) is 4.65. The first-order chi connectivity index (χ1) is 11.2. The van der Waals surface area contributed by atoms with Gasteiger partial charge in [-0.15, -0.1) is 5.73 Å². The van der Waals surface area contributed by atoms with Crippen LogP contribution in [0, 0.1) is 5.92 Å². The Labute approximate surface area is 139 Å². The Morgan fingerprint density at radius 3 is 2.78 bits per heavy atom. The molecule has 0 N–H and O–H groups in total. The molecule has 0 saturated heterocycles. The van der Waals surface area contributed by atoms with Crippen molar-refractivity contribution in [2.24, 2.45) is 5.92 Å². The predicted molar refractivity (Wildman–Crippen MR) is 100 cm³/mol. The van der Waals surface area contributed by atoms with E-state index >= 15 is 0 Å². The fourth-order valence-electron chi connectivity index (χ4n) is 3.42. The van der Waals surface area contributed by atoms with Gasteiger partial charge in [0.25, 0.3) is 0 Å². The van der Waals surface area contributed by atoms with Gasteiger partial charge in [-0.3, -0.25) is 0 Å². The molecule has 2 aliphatic rings. The highest BCUT2D eigenvalue weighted by atomic mass is 14.2. The van der Waals surface area contributed by atoms with E-state index in [4.69, 9.17) is 0 Å². The Balaban J connectivity index is 1.85. The van der Waals surface area contributed by atoms with E-state index in [-0.39, 0.29) is 0 Å². The van der Waals surface area contributed by atoms with E-state index in [0.717, 1.165) is 24.8 Å². The van der Waals surface area contributed by atoms with Crippen molar-refractivity contribution in [3.8, 4) is 0 Å². The fourth-order valence-corrected chi connectivity index (χ4v) is 3.42. The van der Waals surface area contributed by atoms with Crippen molar-refractivity contribution >= 4 is 5.57 Å². The molecular weight excluding hydrogens is 276 g/mol. The molecule has 1 aromatic rings. The van der Waals surface area contributed by atoms with Gasteiger partial charge in [0.15, 0.2) is 0 Å². The normalized spacial score (nSPS) is 17.4. The molecule has 0 bridgehead atoms. The highest BCUT2D eigenvalue weighted by molar-refractivity contribution is 5.83. The van der Waals surface area contributed by atoms with E-state index < -0.39 is 0 Å². The van der Waals surface area contributed by atoms with Crippen molar-refractivity contribution in [1.29, 1.82) is 0 Å². The van der Waals surface area contributed by atoms with Gasteiger partial charge >= 0.3 is 0 Å². The van der Waals surface area contributed by atoms with Gasteiger partial charge in [-0.05, 0) is 54.4 Å². The summed E-state index contributed by atoms with van der Waals surface area (Å²) in [6.45, 7) is 8.42. The third-order valence-corrected chi connectivity index (χ3v) is 4.74. The molecule has 0 heteroatoms. The van der Waals surface area contributed by atoms with Gasteiger partial charge in [0.1, 0.15) is 0 Å². The third kappa shape index (κ3) is 3.38. The zero-order valence-corrected chi connectivity index (χ0v) is 14.1. The molecule has 0 heterocycles. The molecule has 0 fully saturated rings. The summed E-state index contributed by atoms with van der Waals surface area (Å²) in [6.07, 6.45) is 14.5. The summed E-state index contributed by atoms with van der Waals surface area (Å²) < 4.78 is 0. The van der Waals surface area contributed by atoms with Gasteiger partial charge in [0.2, 0.25) is 0 Å². The van der Waals surface area contributed by atoms with Crippen LogP contribution < -0.4 is 0 Å². The largest absolute Gasteiger partial charge is 0.120 e. The monoisotopic (exact) mass is 300 g/mol. The third-order valence-electron chi connectivity index (χ3n) is 4.74. The van der Waals surface area contributed by atoms with E-state index in [9.17, 15) is 0 Å². The average Bonchev–Trinajstić information content (AvgIpc) is 3.21. The second-order valence-electron chi connectivity index (χ2n) is 6.50. The maximum absolute atomic E-state index is 3.92. The summed E-state index contributed by atoms with van der Waals surface area (Å²) in [7, 11) is 0. The minimum atomic E-state index is 0.562. The molecule has 0 nitrogen and oxygen atoms in total. The SMILES string of the molecule is C=C=C(C1=C(C)CC=C1)c1cccc(CC(C)C2=CCC=C2)c1. The quantitative estimate of drug-likeness (QED) is 0.568. The molecule has 0 aromatic heterocycles. The summed E-state index contributed by atoms with van der Waals surface area (Å²) in [5.41, 5.74) is 11.0. The van der Waals surface area contributed by atoms with Crippen LogP contribution in [0.15, 0.2) is 83.7 Å². The van der Waals surface area contributed by atoms with Crippen molar-refractivity contribution in [3.63, 3.8) is 0 Å². The molecule has 2 aliphatic carbocycles. The van der Waals surface area contributed by atoms with Gasteiger partial charge in [0, 0.05) is 5.57 Å². The second kappa shape index (κ2) is 6.86. The Hall–Kier alpha value is -2.30. The maximum atomic E-state index is 3.92. The zero-order chi connectivity index (χ0) is 16.2. The molecule has 0 aliphatic heterocycles. The van der Waals surface area contributed by atoms with Gasteiger partial charge < -0.3 is 0 Å². The smallest absolute Gasteiger partial charge is 0.0302 e. The first-order valence-corrected chi connectivity index (χ1v) is 8.41. The van der Waals surface area contributed by atoms with E-state index in [1.54, 1.807) is 0 Å². The molecule has 1 aromatic carbocycles. The Morgan fingerprint density at radius 1 is 1.26 bits per heavy atom. The minimum Gasteiger partial charge on any atom is -0.120 e. The van der Waals surface area contributed by atoms with Crippen molar-refractivity contribution < 1.29 is 0 Å². The average molecular weight is 300 g/mol. The van der Waals surface area contributed by atoms with Crippen molar-refractivity contribution in [3.05, 3.63) is 94.8 Å². The lowest BCUT2D eigenvalue weighted by Crippen LogP contribution is -2.02. The highest BCUT2D eigenvalue weighted by Gasteiger charge is 2.14. The molecule has 1 unspecified atom stereocenters. The molecule has 0 amide bonds. The van der Waals surface area contributed by atoms with Crippen LogP contribution in [0.5, 0.6) is 0 Å². The Bertz CT molecular complexity index is 774. The number of hydrogen-bond acceptors (Lipinski definition) is 0. The summed E-state index contributed by atoms with van der Waals surface area (Å²) in [5, 5.41) is 0. The summed E-state index contributed by atoms with van der Waals surface area (Å²) >= 11 is 0. The minimum absolute atomic E-state index is 0.562. The predicted octanol–water partition coefficient (Wildman–Crippen LogP) is 6.20. The van der Waals surface area contributed by atoms with Gasteiger partial charge in [-0.25, -0.2) is 0 Å². The lowest BCUT2D eigenvalue weighted by atomic mass is 9.91. The summed E-state index contributed by atoms with van der Waals surface area (Å²) in [6, 6.07) is 8.85. The number of allylic oxidation sites excluding steroid dienone is 9. The highest BCUT2D eigenvalue weighted by Crippen LogP contribution is 2.32. The van der Waals surface area contributed by atoms with Gasteiger partial charge in [0.05, 0.1) is 0 Å². The standard InChI is InChI=1S/C23H24/c1-4-22(23-14-7-9-17(23)2)21-13-8-10-19(16-21)15-18(3)20-11-5-6-12-20/h5,7-8,10-14,16,18H,1,6,9,15H2,2-3H3. The molecule has 23 heavy (non-hydrogen) atoms. The van der Waals surface area contributed by atoms with Crippen LogP contribution >= 0.6 is 0 Å². The van der Waals surface area contributed by atoms with Crippen molar-refractivity contribution in [2.45, 2.75) is 33.1 Å². The topological polar surface area (TPSA) is 0 Å². The van der Waals surface area contributed by atoms with Crippen LogP contribution in [0.3, 0.4) is 0 Å². The van der Waals surface area contributed by atoms with Crippen LogP contribution in [0.1, 0.15) is 37.8 Å². The van der Waals surface area contributed by atoms with Crippen LogP contribution in [0.4, 0.5) is 0 Å². The van der Waals surface area contributed by atoms with E-state index in [1.165, 1.54) is 27.8 Å². The van der Waals surface area contributed by atoms with Crippen LogP contribution in [0.2, 0.25) is 0 Å². The first kappa shape index (κ1) is 15.6. The molecule has 0 spiro atoms. The molecular formula is C23H24. The van der Waals surface area contributed by atoms with E-state index in [1.807, 2.05) is 0 Å². The molecule has 0 radical (unpaired) electrons. The molecule has 116 valence electrons.